The summed E-state index contributed by atoms with van der Waals surface area (Å²) in [6.45, 7) is 11.8. The highest BCUT2D eigenvalue weighted by molar-refractivity contribution is 7.92. The molecule has 0 bridgehead atoms. The van der Waals surface area contributed by atoms with Crippen molar-refractivity contribution in [1.29, 1.82) is 0 Å². The van der Waals surface area contributed by atoms with E-state index in [9.17, 15) is 13.2 Å². The molecule has 1 atom stereocenters. The van der Waals surface area contributed by atoms with Crippen LogP contribution in [-0.2, 0) is 20.2 Å². The lowest BCUT2D eigenvalue weighted by Gasteiger charge is -2.24. The number of benzene rings is 2. The highest BCUT2D eigenvalue weighted by Gasteiger charge is 2.23. The van der Waals surface area contributed by atoms with Gasteiger partial charge in [-0.3, -0.25) is 9.10 Å². The van der Waals surface area contributed by atoms with Gasteiger partial charge in [0.15, 0.2) is 0 Å². The summed E-state index contributed by atoms with van der Waals surface area (Å²) >= 11 is 0. The molecule has 2 rings (SSSR count). The Balaban J connectivity index is 2.15. The van der Waals surface area contributed by atoms with Gasteiger partial charge in [0, 0.05) is 6.07 Å². The minimum atomic E-state index is -3.66. The van der Waals surface area contributed by atoms with Gasteiger partial charge in [-0.25, -0.2) is 8.42 Å². The van der Waals surface area contributed by atoms with E-state index in [1.807, 2.05) is 32.9 Å². The SMILES string of the molecule is CC(C)Oc1cccc(N(CC(=O)N[C@H](C)c2ccc(C(C)(C)C)cc2)S(C)(=O)=O)c1. The predicted molar refractivity (Wildman–Crippen MR) is 126 cm³/mol. The molecule has 0 aliphatic carbocycles. The van der Waals surface area contributed by atoms with Gasteiger partial charge in [-0.2, -0.15) is 0 Å². The number of carbonyl (C=O) groups excluding carboxylic acids is 1. The molecule has 0 radical (unpaired) electrons. The van der Waals surface area contributed by atoms with E-state index < -0.39 is 10.0 Å². The minimum Gasteiger partial charge on any atom is -0.491 e. The van der Waals surface area contributed by atoms with Gasteiger partial charge in [-0.05, 0) is 49.4 Å². The summed E-state index contributed by atoms with van der Waals surface area (Å²) in [7, 11) is -3.66. The van der Waals surface area contributed by atoms with Crippen molar-refractivity contribution in [2.75, 3.05) is 17.1 Å². The van der Waals surface area contributed by atoms with Crippen LogP contribution in [-0.4, -0.2) is 33.2 Å². The number of ether oxygens (including phenoxy) is 1. The molecule has 0 spiro atoms. The van der Waals surface area contributed by atoms with E-state index in [4.69, 9.17) is 4.74 Å². The van der Waals surface area contributed by atoms with Crippen LogP contribution in [0.5, 0.6) is 5.75 Å². The Bertz CT molecular complexity index is 993. The molecule has 0 heterocycles. The molecule has 1 amide bonds. The fourth-order valence-corrected chi connectivity index (χ4v) is 4.01. The molecule has 0 aliphatic rings. The molecule has 7 heteroatoms. The van der Waals surface area contributed by atoms with Crippen LogP contribution in [0, 0.1) is 0 Å². The maximum atomic E-state index is 12.7. The molecule has 1 N–H and O–H groups in total. The lowest BCUT2D eigenvalue weighted by molar-refractivity contribution is -0.120. The van der Waals surface area contributed by atoms with E-state index in [1.165, 1.54) is 5.56 Å². The summed E-state index contributed by atoms with van der Waals surface area (Å²) in [5.74, 6) is 0.168. The normalized spacial score (nSPS) is 13.0. The Morgan fingerprint density at radius 1 is 1.06 bits per heavy atom. The van der Waals surface area contributed by atoms with E-state index >= 15 is 0 Å². The number of rotatable bonds is 8. The quantitative estimate of drug-likeness (QED) is 0.651. The average molecular weight is 447 g/mol. The number of carbonyl (C=O) groups is 1. The fourth-order valence-electron chi connectivity index (χ4n) is 3.16. The van der Waals surface area contributed by atoms with Crippen LogP contribution in [0.4, 0.5) is 5.69 Å². The second-order valence-electron chi connectivity index (χ2n) is 9.09. The van der Waals surface area contributed by atoms with E-state index in [2.05, 4.69) is 38.2 Å². The molecule has 0 aromatic heterocycles. The summed E-state index contributed by atoms with van der Waals surface area (Å²) in [6, 6.07) is 14.6. The van der Waals surface area contributed by atoms with Crippen molar-refractivity contribution in [3.8, 4) is 5.75 Å². The standard InChI is InChI=1S/C24H34N2O4S/c1-17(2)30-22-10-8-9-21(15-22)26(31(7,28)29)16-23(27)25-18(3)19-11-13-20(14-12-19)24(4,5)6/h8-15,17-18H,16H2,1-7H3,(H,25,27)/t18-/m1/s1. The van der Waals surface area contributed by atoms with Crippen molar-refractivity contribution in [2.45, 2.75) is 59.1 Å². The predicted octanol–water partition coefficient (Wildman–Crippen LogP) is 4.41. The van der Waals surface area contributed by atoms with E-state index in [-0.39, 0.29) is 30.0 Å². The second kappa shape index (κ2) is 9.73. The van der Waals surface area contributed by atoms with Crippen LogP contribution in [0.1, 0.15) is 58.7 Å². The molecular formula is C24H34N2O4S. The Labute approximate surface area is 186 Å². The largest absolute Gasteiger partial charge is 0.491 e. The Kier molecular flexibility index (Phi) is 7.76. The van der Waals surface area contributed by atoms with E-state index in [0.29, 0.717) is 11.4 Å². The molecule has 6 nitrogen and oxygen atoms in total. The van der Waals surface area contributed by atoms with Crippen LogP contribution in [0.2, 0.25) is 0 Å². The third kappa shape index (κ3) is 7.28. The van der Waals surface area contributed by atoms with Gasteiger partial charge < -0.3 is 10.1 Å². The molecule has 2 aromatic carbocycles. The molecule has 0 saturated heterocycles. The monoisotopic (exact) mass is 446 g/mol. The van der Waals surface area contributed by atoms with Gasteiger partial charge in [0.1, 0.15) is 12.3 Å². The zero-order valence-electron chi connectivity index (χ0n) is 19.5. The number of hydrogen-bond acceptors (Lipinski definition) is 4. The van der Waals surface area contributed by atoms with Gasteiger partial charge in [-0.15, -0.1) is 0 Å². The van der Waals surface area contributed by atoms with Crippen molar-refractivity contribution in [1.82, 2.24) is 5.32 Å². The third-order valence-electron chi connectivity index (χ3n) is 4.82. The summed E-state index contributed by atoms with van der Waals surface area (Å²) in [6.07, 6.45) is 1.04. The van der Waals surface area contributed by atoms with E-state index in [0.717, 1.165) is 16.1 Å². The maximum absolute atomic E-state index is 12.7. The summed E-state index contributed by atoms with van der Waals surface area (Å²) in [4.78, 5) is 12.7. The van der Waals surface area contributed by atoms with Gasteiger partial charge in [0.05, 0.1) is 24.1 Å². The molecule has 2 aromatic rings. The van der Waals surface area contributed by atoms with Crippen LogP contribution in [0.25, 0.3) is 0 Å². The van der Waals surface area contributed by atoms with Crippen LogP contribution in [0.15, 0.2) is 48.5 Å². The lowest BCUT2D eigenvalue weighted by atomic mass is 9.86. The topological polar surface area (TPSA) is 75.7 Å². The number of amides is 1. The highest BCUT2D eigenvalue weighted by atomic mass is 32.2. The maximum Gasteiger partial charge on any atom is 0.241 e. The van der Waals surface area contributed by atoms with Crippen LogP contribution in [0.3, 0.4) is 0 Å². The Morgan fingerprint density at radius 3 is 2.19 bits per heavy atom. The summed E-state index contributed by atoms with van der Waals surface area (Å²) in [5, 5.41) is 2.90. The summed E-state index contributed by atoms with van der Waals surface area (Å²) < 4.78 is 31.5. The first-order valence-electron chi connectivity index (χ1n) is 10.4. The van der Waals surface area contributed by atoms with E-state index in [1.54, 1.807) is 24.3 Å². The molecule has 0 fully saturated rings. The number of anilines is 1. The summed E-state index contributed by atoms with van der Waals surface area (Å²) in [5.41, 5.74) is 2.61. The smallest absolute Gasteiger partial charge is 0.241 e. The van der Waals surface area contributed by atoms with Crippen molar-refractivity contribution < 1.29 is 17.9 Å². The molecular weight excluding hydrogens is 412 g/mol. The highest BCUT2D eigenvalue weighted by Crippen LogP contribution is 2.25. The molecule has 0 unspecified atom stereocenters. The molecule has 31 heavy (non-hydrogen) atoms. The van der Waals surface area contributed by atoms with Gasteiger partial charge >= 0.3 is 0 Å². The Morgan fingerprint density at radius 2 is 1.68 bits per heavy atom. The van der Waals surface area contributed by atoms with Crippen molar-refractivity contribution in [3.63, 3.8) is 0 Å². The first-order valence-corrected chi connectivity index (χ1v) is 12.3. The number of hydrogen-bond donors (Lipinski definition) is 1. The third-order valence-corrected chi connectivity index (χ3v) is 5.96. The number of nitrogens with one attached hydrogen (secondary N) is 1. The van der Waals surface area contributed by atoms with Crippen LogP contribution >= 0.6 is 0 Å². The zero-order valence-corrected chi connectivity index (χ0v) is 20.3. The van der Waals surface area contributed by atoms with Crippen LogP contribution < -0.4 is 14.4 Å². The lowest BCUT2D eigenvalue weighted by Crippen LogP contribution is -2.41. The average Bonchev–Trinajstić information content (AvgIpc) is 2.64. The van der Waals surface area contributed by atoms with Gasteiger partial charge in [0.25, 0.3) is 0 Å². The number of nitrogens with zero attached hydrogens (tertiary/aromatic N) is 1. The molecule has 0 saturated carbocycles. The Hall–Kier alpha value is -2.54. The first-order chi connectivity index (χ1) is 14.3. The first kappa shape index (κ1) is 24.7. The fraction of sp³-hybridized carbons (Fsp3) is 0.458. The molecule has 170 valence electrons. The molecule has 0 aliphatic heterocycles. The number of sulfonamides is 1. The van der Waals surface area contributed by atoms with Crippen molar-refractivity contribution in [3.05, 3.63) is 59.7 Å². The van der Waals surface area contributed by atoms with Crippen molar-refractivity contribution in [2.24, 2.45) is 0 Å². The van der Waals surface area contributed by atoms with Gasteiger partial charge in [-0.1, -0.05) is 51.1 Å². The second-order valence-corrected chi connectivity index (χ2v) is 11.0. The van der Waals surface area contributed by atoms with Crippen molar-refractivity contribution >= 4 is 21.6 Å². The van der Waals surface area contributed by atoms with Gasteiger partial charge in [0.2, 0.25) is 15.9 Å². The minimum absolute atomic E-state index is 0.0456. The zero-order chi connectivity index (χ0) is 23.4.